The van der Waals surface area contributed by atoms with Crippen molar-refractivity contribution in [2.45, 2.75) is 12.8 Å². The van der Waals surface area contributed by atoms with Gasteiger partial charge in [-0.15, -0.1) is 0 Å². The van der Waals surface area contributed by atoms with Crippen molar-refractivity contribution >= 4 is 25.2 Å². The van der Waals surface area contributed by atoms with Crippen LogP contribution in [-0.4, -0.2) is 43.6 Å². The van der Waals surface area contributed by atoms with Gasteiger partial charge in [-0.05, 0) is 18.6 Å². The zero-order valence-electron chi connectivity index (χ0n) is 11.0. The zero-order valence-corrected chi connectivity index (χ0v) is 11.9. The summed E-state index contributed by atoms with van der Waals surface area (Å²) in [7, 11) is -4.14. The van der Waals surface area contributed by atoms with E-state index in [1.165, 1.54) is 12.1 Å². The van der Waals surface area contributed by atoms with Gasteiger partial charge in [0.25, 0.3) is 0 Å². The molecule has 0 aliphatic heterocycles. The minimum atomic E-state index is -4.14. The molecule has 7 nitrogen and oxygen atoms in total. The summed E-state index contributed by atoms with van der Waals surface area (Å²) in [6.45, 7) is 0. The molecule has 8 heteroatoms. The van der Waals surface area contributed by atoms with Crippen LogP contribution in [0.25, 0.3) is 0 Å². The lowest BCUT2D eigenvalue weighted by atomic mass is 10.1. The molecule has 0 aliphatic carbocycles. The van der Waals surface area contributed by atoms with Gasteiger partial charge in [0.2, 0.25) is 0 Å². The molecule has 0 amide bonds. The van der Waals surface area contributed by atoms with Crippen LogP contribution < -0.4 is 0 Å². The Hall–Kier alpha value is -1.82. The smallest absolute Gasteiger partial charge is 0.356 e. The second kappa shape index (κ2) is 7.26. The van der Waals surface area contributed by atoms with Crippen LogP contribution >= 0.6 is 7.72 Å². The van der Waals surface area contributed by atoms with E-state index in [1.54, 1.807) is 18.2 Å². The maximum Gasteiger partial charge on any atom is 0.356 e. The molecule has 0 bridgehead atoms. The third-order valence-electron chi connectivity index (χ3n) is 2.88. The molecule has 0 radical (unpaired) electrons. The molecule has 4 N–H and O–H groups in total. The van der Waals surface area contributed by atoms with Crippen molar-refractivity contribution in [1.82, 2.24) is 0 Å². The lowest BCUT2D eigenvalue weighted by Gasteiger charge is -2.15. The van der Waals surface area contributed by atoms with Crippen LogP contribution in [0.3, 0.4) is 0 Å². The highest BCUT2D eigenvalue weighted by molar-refractivity contribution is 7.81. The molecule has 1 atom stereocenters. The first kappa shape index (κ1) is 17.2. The third-order valence-corrected chi connectivity index (χ3v) is 4.74. The van der Waals surface area contributed by atoms with Crippen molar-refractivity contribution < 1.29 is 34.4 Å². The van der Waals surface area contributed by atoms with E-state index < -0.39 is 43.7 Å². The van der Waals surface area contributed by atoms with Crippen LogP contribution in [0.15, 0.2) is 30.3 Å². The van der Waals surface area contributed by atoms with E-state index >= 15 is 0 Å². The number of hydrogen-bond donors (Lipinski definition) is 4. The van der Waals surface area contributed by atoms with Crippen molar-refractivity contribution in [2.24, 2.45) is 5.92 Å². The summed E-state index contributed by atoms with van der Waals surface area (Å²) in [6.07, 6.45) is -1.35. The van der Waals surface area contributed by atoms with Gasteiger partial charge in [0, 0.05) is 6.42 Å². The molecule has 1 aromatic carbocycles. The first-order valence-corrected chi connectivity index (χ1v) is 8.00. The lowest BCUT2D eigenvalue weighted by molar-refractivity contribution is -0.142. The Morgan fingerprint density at radius 1 is 1.05 bits per heavy atom. The summed E-state index contributed by atoms with van der Waals surface area (Å²) in [4.78, 5) is 53.4. The van der Waals surface area contributed by atoms with Crippen LogP contribution in [0.5, 0.6) is 0 Å². The van der Waals surface area contributed by atoms with Crippen LogP contribution in [0.4, 0.5) is 0 Å². The summed E-state index contributed by atoms with van der Waals surface area (Å²) < 4.78 is 0. The molecule has 0 saturated heterocycles. The van der Waals surface area contributed by atoms with Gasteiger partial charge in [0.1, 0.15) is 6.16 Å². The first-order chi connectivity index (χ1) is 9.74. The minimum absolute atomic E-state index is 0.0817. The first-order valence-electron chi connectivity index (χ1n) is 6.12. The fourth-order valence-corrected chi connectivity index (χ4v) is 3.45. The molecule has 1 rings (SSSR count). The molecule has 0 saturated carbocycles. The fourth-order valence-electron chi connectivity index (χ4n) is 1.77. The van der Waals surface area contributed by atoms with E-state index in [9.17, 15) is 24.2 Å². The quantitative estimate of drug-likeness (QED) is 0.530. The Morgan fingerprint density at radius 3 is 2.10 bits per heavy atom. The topological polar surface area (TPSA) is 132 Å². The highest BCUT2D eigenvalue weighted by Gasteiger charge is 2.48. The predicted octanol–water partition coefficient (Wildman–Crippen LogP) is 1.22. The summed E-state index contributed by atoms with van der Waals surface area (Å²) >= 11 is 0. The van der Waals surface area contributed by atoms with E-state index in [4.69, 9.17) is 10.2 Å². The Balaban J connectivity index is 2.83. The maximum atomic E-state index is 12.0. The maximum absolute atomic E-state index is 12.0. The molecule has 21 heavy (non-hydrogen) atoms. The molecule has 0 aliphatic rings. The second-order valence-electron chi connectivity index (χ2n) is 4.55. The summed E-state index contributed by atoms with van der Waals surface area (Å²) in [5, 5.41) is 17.5. The van der Waals surface area contributed by atoms with Crippen LogP contribution in [0, 0.1) is 5.92 Å². The van der Waals surface area contributed by atoms with Crippen LogP contribution in [0.2, 0.25) is 0 Å². The van der Waals surface area contributed by atoms with Gasteiger partial charge < -0.3 is 10.2 Å². The van der Waals surface area contributed by atoms with Gasteiger partial charge in [-0.1, -0.05) is 18.2 Å². The fraction of sp³-hybridized carbons (Fsp3) is 0.308. The van der Waals surface area contributed by atoms with Gasteiger partial charge in [-0.2, -0.15) is 0 Å². The number of carbonyl (C=O) groups is 3. The summed E-state index contributed by atoms with van der Waals surface area (Å²) in [5.41, 5.74) is -0.831. The van der Waals surface area contributed by atoms with Crippen molar-refractivity contribution in [1.29, 1.82) is 0 Å². The average Bonchev–Trinajstić information content (AvgIpc) is 2.43. The van der Waals surface area contributed by atoms with E-state index in [-0.39, 0.29) is 12.0 Å². The van der Waals surface area contributed by atoms with E-state index in [0.717, 1.165) is 0 Å². The number of carboxylic acids is 2. The van der Waals surface area contributed by atoms with Crippen molar-refractivity contribution in [3.63, 3.8) is 0 Å². The van der Waals surface area contributed by atoms with Gasteiger partial charge >= 0.3 is 25.2 Å². The molecular formula is C13H16O7P+. The minimum Gasteiger partial charge on any atom is -0.481 e. The highest BCUT2D eigenvalue weighted by atomic mass is 31.2. The Bertz CT molecular complexity index is 527. The zero-order chi connectivity index (χ0) is 16.0. The Kier molecular flexibility index (Phi) is 5.96. The average molecular weight is 315 g/mol. The van der Waals surface area contributed by atoms with E-state index in [1.807, 2.05) is 0 Å². The summed E-state index contributed by atoms with van der Waals surface area (Å²) in [6, 6.07) is 7.55. The van der Waals surface area contributed by atoms with Crippen LogP contribution in [-0.2, 0) is 9.59 Å². The van der Waals surface area contributed by atoms with E-state index in [0.29, 0.717) is 0 Å². The Morgan fingerprint density at radius 2 is 1.62 bits per heavy atom. The largest absolute Gasteiger partial charge is 0.481 e. The Labute approximate surface area is 121 Å². The number of hydrogen-bond acceptors (Lipinski definition) is 5. The van der Waals surface area contributed by atoms with Gasteiger partial charge in [0.05, 0.1) is 11.5 Å². The van der Waals surface area contributed by atoms with E-state index in [2.05, 4.69) is 0 Å². The predicted molar refractivity (Wildman–Crippen MR) is 75.0 cm³/mol. The number of rotatable bonds is 8. The highest BCUT2D eigenvalue weighted by Crippen LogP contribution is 2.54. The number of carboxylic acid groups (broad SMARTS) is 2. The van der Waals surface area contributed by atoms with Gasteiger partial charge in [-0.3, -0.25) is 9.59 Å². The normalized spacial score (nSPS) is 12.7. The van der Waals surface area contributed by atoms with Crippen LogP contribution in [0.1, 0.15) is 23.2 Å². The number of benzene rings is 1. The SMILES string of the molecule is O=C(O)CCC(C[P+](O)(O)C(=O)c1ccccc1)C(=O)O. The van der Waals surface area contributed by atoms with Gasteiger partial charge in [-0.25, -0.2) is 14.6 Å². The molecule has 0 spiro atoms. The third kappa shape index (κ3) is 5.23. The second-order valence-corrected chi connectivity index (χ2v) is 6.78. The molecule has 1 aromatic rings. The van der Waals surface area contributed by atoms with Gasteiger partial charge in [0.15, 0.2) is 0 Å². The molecule has 0 fully saturated rings. The monoisotopic (exact) mass is 315 g/mol. The molecule has 0 aromatic heterocycles. The lowest BCUT2D eigenvalue weighted by Crippen LogP contribution is -2.23. The summed E-state index contributed by atoms with van der Waals surface area (Å²) in [5.74, 6) is -3.84. The van der Waals surface area contributed by atoms with Crippen molar-refractivity contribution in [3.05, 3.63) is 35.9 Å². The van der Waals surface area contributed by atoms with Crippen molar-refractivity contribution in [2.75, 3.05) is 6.16 Å². The van der Waals surface area contributed by atoms with Crippen molar-refractivity contribution in [3.8, 4) is 0 Å². The standard InChI is InChI=1S/C13H15O7P/c14-11(15)7-6-10(12(16)17)8-21(19,20)13(18)9-4-2-1-3-5-9/h1-5,10,19-20H,6-8H2,(H-,14,15,16,17)/p+1. The molecular weight excluding hydrogens is 299 g/mol. The molecule has 114 valence electrons. The number of aliphatic carboxylic acids is 2. The molecule has 1 unspecified atom stereocenters. The number of carbonyl (C=O) groups excluding carboxylic acids is 1. The molecule has 0 heterocycles.